The Balaban J connectivity index is 2.32. The number of quaternary nitrogens is 2. The van der Waals surface area contributed by atoms with E-state index in [9.17, 15) is 0 Å². The molecule has 0 unspecified atom stereocenters. The van der Waals surface area contributed by atoms with Crippen molar-refractivity contribution in [3.63, 3.8) is 0 Å². The SMILES string of the molecule is CCCCCCCCCC[N+](C)(C)Cc1cccc(C[N+](C)(C)CCCCCCCCCC)c1. The summed E-state index contributed by atoms with van der Waals surface area (Å²) in [5, 5.41) is 0. The first kappa shape index (κ1) is 31.2. The van der Waals surface area contributed by atoms with Crippen LogP contribution >= 0.6 is 0 Å². The molecule has 2 heteroatoms. The molecule has 0 atom stereocenters. The lowest BCUT2D eigenvalue weighted by atomic mass is 10.1. The molecule has 0 aliphatic carbocycles. The Bertz CT molecular complexity index is 556. The predicted molar refractivity (Wildman–Crippen MR) is 153 cm³/mol. The molecule has 0 bridgehead atoms. The van der Waals surface area contributed by atoms with E-state index < -0.39 is 0 Å². The Hall–Kier alpha value is -0.860. The van der Waals surface area contributed by atoms with Gasteiger partial charge in [0.2, 0.25) is 0 Å². The first-order chi connectivity index (χ1) is 16.3. The molecule has 0 amide bonds. The predicted octanol–water partition coefficient (Wildman–Crippen LogP) is 9.12. The molecule has 0 N–H and O–H groups in total. The van der Waals surface area contributed by atoms with Gasteiger partial charge in [0.1, 0.15) is 13.1 Å². The molecule has 0 saturated heterocycles. The Labute approximate surface area is 215 Å². The molecule has 198 valence electrons. The van der Waals surface area contributed by atoms with Crippen molar-refractivity contribution in [2.45, 2.75) is 130 Å². The second-order valence-electron chi connectivity index (χ2n) is 12.4. The summed E-state index contributed by atoms with van der Waals surface area (Å²) >= 11 is 0. The fraction of sp³-hybridized carbons (Fsp3) is 0.812. The number of nitrogens with zero attached hydrogens (tertiary/aromatic N) is 2. The molecular weight excluding hydrogens is 412 g/mol. The molecule has 0 aliphatic heterocycles. The van der Waals surface area contributed by atoms with E-state index in [1.807, 2.05) is 0 Å². The van der Waals surface area contributed by atoms with Gasteiger partial charge in [0.15, 0.2) is 0 Å². The maximum atomic E-state index is 2.49. The van der Waals surface area contributed by atoms with Crippen LogP contribution in [0.2, 0.25) is 0 Å². The van der Waals surface area contributed by atoms with Crippen molar-refractivity contribution in [1.29, 1.82) is 0 Å². The third-order valence-corrected chi connectivity index (χ3v) is 7.45. The zero-order valence-corrected chi connectivity index (χ0v) is 24.3. The Morgan fingerprint density at radius 1 is 0.471 bits per heavy atom. The third kappa shape index (κ3) is 16.7. The van der Waals surface area contributed by atoms with Crippen molar-refractivity contribution in [2.24, 2.45) is 0 Å². The van der Waals surface area contributed by atoms with E-state index in [1.165, 1.54) is 127 Å². The van der Waals surface area contributed by atoms with Gasteiger partial charge in [0.25, 0.3) is 0 Å². The highest BCUT2D eigenvalue weighted by Gasteiger charge is 2.18. The lowest BCUT2D eigenvalue weighted by molar-refractivity contribution is -0.904. The zero-order valence-electron chi connectivity index (χ0n) is 24.3. The summed E-state index contributed by atoms with van der Waals surface area (Å²) in [6.07, 6.45) is 22.5. The van der Waals surface area contributed by atoms with E-state index in [4.69, 9.17) is 0 Å². The molecule has 0 saturated carbocycles. The molecule has 0 heterocycles. The van der Waals surface area contributed by atoms with Gasteiger partial charge in [-0.1, -0.05) is 109 Å². The van der Waals surface area contributed by atoms with Crippen LogP contribution in [-0.4, -0.2) is 50.2 Å². The number of hydrogen-bond donors (Lipinski definition) is 0. The van der Waals surface area contributed by atoms with E-state index in [0.29, 0.717) is 0 Å². The minimum absolute atomic E-state index is 1.11. The zero-order chi connectivity index (χ0) is 25.1. The summed E-state index contributed by atoms with van der Waals surface area (Å²) in [6, 6.07) is 9.46. The molecule has 0 fully saturated rings. The molecule has 1 aromatic rings. The number of benzene rings is 1. The lowest BCUT2D eigenvalue weighted by Gasteiger charge is -2.31. The van der Waals surface area contributed by atoms with Crippen LogP contribution in [0.5, 0.6) is 0 Å². The normalized spacial score (nSPS) is 12.4. The summed E-state index contributed by atoms with van der Waals surface area (Å²) in [4.78, 5) is 0. The monoisotopic (exact) mass is 474 g/mol. The highest BCUT2D eigenvalue weighted by Crippen LogP contribution is 2.18. The van der Waals surface area contributed by atoms with Crippen LogP contribution in [0, 0.1) is 0 Å². The average Bonchev–Trinajstić information content (AvgIpc) is 2.77. The van der Waals surface area contributed by atoms with Gasteiger partial charge in [-0.25, -0.2) is 0 Å². The lowest BCUT2D eigenvalue weighted by Crippen LogP contribution is -2.40. The Kier molecular flexibility index (Phi) is 16.9. The second kappa shape index (κ2) is 18.4. The number of rotatable bonds is 22. The molecule has 0 radical (unpaired) electrons. The average molecular weight is 475 g/mol. The molecule has 1 rings (SSSR count). The first-order valence-corrected chi connectivity index (χ1v) is 15.0. The number of unbranched alkanes of at least 4 members (excludes halogenated alkanes) is 14. The standard InChI is InChI=1S/C32H62N2/c1-7-9-11-13-15-17-19-21-26-33(3,4)29-31-24-23-25-32(28-31)30-34(5,6)27-22-20-18-16-14-12-10-8-2/h23-25,28H,7-22,26-27,29-30H2,1-6H3/q+2. The topological polar surface area (TPSA) is 0 Å². The minimum atomic E-state index is 1.11. The first-order valence-electron chi connectivity index (χ1n) is 15.0. The molecule has 1 aromatic carbocycles. The highest BCUT2D eigenvalue weighted by molar-refractivity contribution is 5.22. The van der Waals surface area contributed by atoms with Gasteiger partial charge in [-0.2, -0.15) is 0 Å². The molecular formula is C32H62N2+2. The van der Waals surface area contributed by atoms with Gasteiger partial charge in [-0.15, -0.1) is 0 Å². The second-order valence-corrected chi connectivity index (χ2v) is 12.4. The van der Waals surface area contributed by atoms with Crippen molar-refractivity contribution in [2.75, 3.05) is 41.3 Å². The Morgan fingerprint density at radius 3 is 1.15 bits per heavy atom. The summed E-state index contributed by atoms with van der Waals surface area (Å²) in [5.41, 5.74) is 3.02. The maximum Gasteiger partial charge on any atom is 0.104 e. The molecule has 2 nitrogen and oxygen atoms in total. The maximum absolute atomic E-state index is 2.49. The molecule has 34 heavy (non-hydrogen) atoms. The van der Waals surface area contributed by atoms with E-state index in [1.54, 1.807) is 0 Å². The van der Waals surface area contributed by atoms with Crippen LogP contribution in [0.15, 0.2) is 24.3 Å². The number of hydrogen-bond acceptors (Lipinski definition) is 0. The fourth-order valence-corrected chi connectivity index (χ4v) is 5.32. The van der Waals surface area contributed by atoms with Crippen LogP contribution in [0.4, 0.5) is 0 Å². The van der Waals surface area contributed by atoms with Crippen LogP contribution in [0.1, 0.15) is 128 Å². The highest BCUT2D eigenvalue weighted by atomic mass is 15.3. The summed E-state index contributed by atoms with van der Waals surface area (Å²) in [6.45, 7) is 9.48. The van der Waals surface area contributed by atoms with Gasteiger partial charge in [0, 0.05) is 11.1 Å². The van der Waals surface area contributed by atoms with Crippen LogP contribution in [0.25, 0.3) is 0 Å². The van der Waals surface area contributed by atoms with Crippen LogP contribution in [0.3, 0.4) is 0 Å². The fourth-order valence-electron chi connectivity index (χ4n) is 5.32. The van der Waals surface area contributed by atoms with Gasteiger partial charge < -0.3 is 8.97 Å². The summed E-state index contributed by atoms with van der Waals surface area (Å²) < 4.78 is 2.21. The van der Waals surface area contributed by atoms with Crippen LogP contribution < -0.4 is 0 Å². The smallest absolute Gasteiger partial charge is 0.104 e. The summed E-state index contributed by atoms with van der Waals surface area (Å²) in [5.74, 6) is 0. The van der Waals surface area contributed by atoms with Gasteiger partial charge in [-0.05, 0) is 31.7 Å². The van der Waals surface area contributed by atoms with Gasteiger partial charge in [-0.3, -0.25) is 0 Å². The largest absolute Gasteiger partial charge is 0.325 e. The third-order valence-electron chi connectivity index (χ3n) is 7.45. The summed E-state index contributed by atoms with van der Waals surface area (Å²) in [7, 11) is 9.65. The molecule has 0 spiro atoms. The quantitative estimate of drug-likeness (QED) is 0.116. The van der Waals surface area contributed by atoms with Crippen molar-refractivity contribution in [3.05, 3.63) is 35.4 Å². The van der Waals surface area contributed by atoms with Crippen molar-refractivity contribution >= 4 is 0 Å². The van der Waals surface area contributed by atoms with E-state index >= 15 is 0 Å². The van der Waals surface area contributed by atoms with E-state index in [-0.39, 0.29) is 0 Å². The van der Waals surface area contributed by atoms with Crippen molar-refractivity contribution in [3.8, 4) is 0 Å². The van der Waals surface area contributed by atoms with Gasteiger partial charge >= 0.3 is 0 Å². The Morgan fingerprint density at radius 2 is 0.794 bits per heavy atom. The molecule has 0 aliphatic rings. The van der Waals surface area contributed by atoms with Gasteiger partial charge in [0.05, 0.1) is 41.3 Å². The van der Waals surface area contributed by atoms with E-state index in [2.05, 4.69) is 66.3 Å². The molecule has 0 aromatic heterocycles. The van der Waals surface area contributed by atoms with Crippen molar-refractivity contribution in [1.82, 2.24) is 0 Å². The van der Waals surface area contributed by atoms with E-state index in [0.717, 1.165) is 22.1 Å². The van der Waals surface area contributed by atoms with Crippen LogP contribution in [-0.2, 0) is 13.1 Å². The van der Waals surface area contributed by atoms with Crippen molar-refractivity contribution < 1.29 is 8.97 Å². The minimum Gasteiger partial charge on any atom is -0.325 e.